The van der Waals surface area contributed by atoms with Crippen LogP contribution in [-0.2, 0) is 4.79 Å². The molecule has 0 aliphatic heterocycles. The Morgan fingerprint density at radius 1 is 1.29 bits per heavy atom. The van der Waals surface area contributed by atoms with Crippen molar-refractivity contribution in [2.45, 2.75) is 46.0 Å². The van der Waals surface area contributed by atoms with E-state index in [-0.39, 0.29) is 5.91 Å². The lowest BCUT2D eigenvalue weighted by Crippen LogP contribution is -2.24. The number of hydrogen-bond donors (Lipinski definition) is 2. The zero-order chi connectivity index (χ0) is 10.8. The molecule has 0 spiro atoms. The molecule has 0 rings (SSSR count). The van der Waals surface area contributed by atoms with Crippen molar-refractivity contribution in [1.82, 2.24) is 5.32 Å². The van der Waals surface area contributed by atoms with E-state index >= 15 is 0 Å². The first kappa shape index (κ1) is 13.4. The summed E-state index contributed by atoms with van der Waals surface area (Å²) in [6, 6.07) is 0. The summed E-state index contributed by atoms with van der Waals surface area (Å²) in [6.45, 7) is 5.90. The molecule has 0 aromatic rings. The van der Waals surface area contributed by atoms with Crippen LogP contribution in [0, 0.1) is 5.92 Å². The molecule has 1 amide bonds. The van der Waals surface area contributed by atoms with Crippen molar-refractivity contribution in [1.29, 1.82) is 0 Å². The fourth-order valence-corrected chi connectivity index (χ4v) is 1.26. The van der Waals surface area contributed by atoms with Crippen molar-refractivity contribution in [3.63, 3.8) is 0 Å². The van der Waals surface area contributed by atoms with Crippen LogP contribution in [0.15, 0.2) is 0 Å². The number of amides is 1. The molecule has 0 atom stereocenters. The van der Waals surface area contributed by atoms with Gasteiger partial charge in [-0.1, -0.05) is 13.8 Å². The molecule has 0 heterocycles. The highest BCUT2D eigenvalue weighted by Gasteiger charge is 2.00. The summed E-state index contributed by atoms with van der Waals surface area (Å²) in [5, 5.41) is 2.92. The van der Waals surface area contributed by atoms with Crippen LogP contribution < -0.4 is 11.1 Å². The lowest BCUT2D eigenvalue weighted by molar-refractivity contribution is -0.121. The number of nitrogens with two attached hydrogens (primary N) is 1. The quantitative estimate of drug-likeness (QED) is 0.586. The van der Waals surface area contributed by atoms with Crippen LogP contribution in [0.25, 0.3) is 0 Å². The predicted octanol–water partition coefficient (Wildman–Crippen LogP) is 1.67. The Bertz CT molecular complexity index is 146. The van der Waals surface area contributed by atoms with Gasteiger partial charge in [0.1, 0.15) is 0 Å². The Balaban J connectivity index is 3.18. The molecule has 0 aromatic heterocycles. The third kappa shape index (κ3) is 9.52. The topological polar surface area (TPSA) is 55.1 Å². The molecular weight excluding hydrogens is 176 g/mol. The smallest absolute Gasteiger partial charge is 0.219 e. The minimum absolute atomic E-state index is 0.169. The lowest BCUT2D eigenvalue weighted by Gasteiger charge is -2.06. The molecule has 3 nitrogen and oxygen atoms in total. The van der Waals surface area contributed by atoms with Crippen molar-refractivity contribution < 1.29 is 4.79 Å². The standard InChI is InChI=1S/C11H24N2O/c1-10(2)6-5-9-13-11(14)7-3-4-8-12/h10H,3-9,12H2,1-2H3,(H,13,14). The number of hydrogen-bond acceptors (Lipinski definition) is 2. The van der Waals surface area contributed by atoms with Crippen molar-refractivity contribution in [2.75, 3.05) is 13.1 Å². The van der Waals surface area contributed by atoms with Crippen molar-refractivity contribution >= 4 is 5.91 Å². The van der Waals surface area contributed by atoms with Gasteiger partial charge < -0.3 is 11.1 Å². The monoisotopic (exact) mass is 200 g/mol. The number of rotatable bonds is 8. The Morgan fingerprint density at radius 2 is 2.00 bits per heavy atom. The van der Waals surface area contributed by atoms with Crippen LogP contribution in [-0.4, -0.2) is 19.0 Å². The van der Waals surface area contributed by atoms with Crippen molar-refractivity contribution in [3.05, 3.63) is 0 Å². The fraction of sp³-hybridized carbons (Fsp3) is 0.909. The SMILES string of the molecule is CC(C)CCCNC(=O)CCCCN. The van der Waals surface area contributed by atoms with E-state index in [1.165, 1.54) is 6.42 Å². The van der Waals surface area contributed by atoms with Crippen LogP contribution in [0.5, 0.6) is 0 Å². The average molecular weight is 200 g/mol. The number of nitrogens with one attached hydrogen (secondary N) is 1. The summed E-state index contributed by atoms with van der Waals surface area (Å²) in [6.07, 6.45) is 4.74. The number of carbonyl (C=O) groups excluding carboxylic acids is 1. The van der Waals surface area contributed by atoms with Gasteiger partial charge in [0.2, 0.25) is 5.91 Å². The van der Waals surface area contributed by atoms with E-state index in [1.54, 1.807) is 0 Å². The minimum atomic E-state index is 0.169. The van der Waals surface area contributed by atoms with Gasteiger partial charge in [-0.15, -0.1) is 0 Å². The predicted molar refractivity (Wildman–Crippen MR) is 60.0 cm³/mol. The minimum Gasteiger partial charge on any atom is -0.356 e. The summed E-state index contributed by atoms with van der Waals surface area (Å²) in [7, 11) is 0. The molecule has 0 bridgehead atoms. The molecule has 0 aliphatic carbocycles. The molecule has 0 aliphatic rings. The maximum absolute atomic E-state index is 11.2. The Hall–Kier alpha value is -0.570. The Labute approximate surface area is 87.4 Å². The Kier molecular flexibility index (Phi) is 8.64. The molecule has 0 unspecified atom stereocenters. The lowest BCUT2D eigenvalue weighted by atomic mass is 10.1. The molecule has 3 heteroatoms. The van der Waals surface area contributed by atoms with Crippen LogP contribution in [0.1, 0.15) is 46.0 Å². The van der Waals surface area contributed by atoms with E-state index in [2.05, 4.69) is 19.2 Å². The van der Waals surface area contributed by atoms with Gasteiger partial charge in [0.05, 0.1) is 0 Å². The van der Waals surface area contributed by atoms with Crippen LogP contribution in [0.4, 0.5) is 0 Å². The van der Waals surface area contributed by atoms with E-state index in [0.29, 0.717) is 13.0 Å². The molecule has 0 radical (unpaired) electrons. The summed E-state index contributed by atoms with van der Waals surface area (Å²) in [5.74, 6) is 0.895. The molecule has 14 heavy (non-hydrogen) atoms. The molecule has 0 saturated carbocycles. The van der Waals surface area contributed by atoms with E-state index < -0.39 is 0 Å². The van der Waals surface area contributed by atoms with Gasteiger partial charge in [-0.05, 0) is 38.1 Å². The molecule has 3 N–H and O–H groups in total. The van der Waals surface area contributed by atoms with E-state index in [0.717, 1.165) is 31.7 Å². The second-order valence-electron chi connectivity index (χ2n) is 4.13. The summed E-state index contributed by atoms with van der Waals surface area (Å²) >= 11 is 0. The maximum atomic E-state index is 11.2. The highest BCUT2D eigenvalue weighted by atomic mass is 16.1. The third-order valence-corrected chi connectivity index (χ3v) is 2.14. The highest BCUT2D eigenvalue weighted by molar-refractivity contribution is 5.75. The Morgan fingerprint density at radius 3 is 2.57 bits per heavy atom. The first-order chi connectivity index (χ1) is 6.66. The average Bonchev–Trinajstić information content (AvgIpc) is 2.13. The first-order valence-corrected chi connectivity index (χ1v) is 5.63. The normalized spacial score (nSPS) is 10.6. The van der Waals surface area contributed by atoms with Gasteiger partial charge >= 0.3 is 0 Å². The van der Waals surface area contributed by atoms with Crippen LogP contribution >= 0.6 is 0 Å². The summed E-state index contributed by atoms with van der Waals surface area (Å²) in [5.41, 5.74) is 5.34. The maximum Gasteiger partial charge on any atom is 0.219 e. The van der Waals surface area contributed by atoms with Gasteiger partial charge in [-0.3, -0.25) is 4.79 Å². The molecule has 0 fully saturated rings. The number of carbonyl (C=O) groups is 1. The number of unbranched alkanes of at least 4 members (excludes halogenated alkanes) is 1. The first-order valence-electron chi connectivity index (χ1n) is 5.63. The van der Waals surface area contributed by atoms with Gasteiger partial charge in [0.25, 0.3) is 0 Å². The zero-order valence-electron chi connectivity index (χ0n) is 9.51. The van der Waals surface area contributed by atoms with Crippen LogP contribution in [0.2, 0.25) is 0 Å². The van der Waals surface area contributed by atoms with Gasteiger partial charge in [0, 0.05) is 13.0 Å². The fourth-order valence-electron chi connectivity index (χ4n) is 1.26. The van der Waals surface area contributed by atoms with E-state index in [4.69, 9.17) is 5.73 Å². The summed E-state index contributed by atoms with van der Waals surface area (Å²) < 4.78 is 0. The van der Waals surface area contributed by atoms with E-state index in [9.17, 15) is 4.79 Å². The molecule has 0 aromatic carbocycles. The summed E-state index contributed by atoms with van der Waals surface area (Å²) in [4.78, 5) is 11.2. The van der Waals surface area contributed by atoms with Crippen molar-refractivity contribution in [2.24, 2.45) is 11.7 Å². The van der Waals surface area contributed by atoms with Gasteiger partial charge in [-0.2, -0.15) is 0 Å². The van der Waals surface area contributed by atoms with Crippen LogP contribution in [0.3, 0.4) is 0 Å². The van der Waals surface area contributed by atoms with Crippen molar-refractivity contribution in [3.8, 4) is 0 Å². The molecular formula is C11H24N2O. The molecule has 84 valence electrons. The third-order valence-electron chi connectivity index (χ3n) is 2.14. The highest BCUT2D eigenvalue weighted by Crippen LogP contribution is 2.02. The van der Waals surface area contributed by atoms with Gasteiger partial charge in [-0.25, -0.2) is 0 Å². The second kappa shape index (κ2) is 9.00. The zero-order valence-corrected chi connectivity index (χ0v) is 9.51. The van der Waals surface area contributed by atoms with Gasteiger partial charge in [0.15, 0.2) is 0 Å². The largest absolute Gasteiger partial charge is 0.356 e. The molecule has 0 saturated heterocycles. The van der Waals surface area contributed by atoms with E-state index in [1.807, 2.05) is 0 Å². The second-order valence-corrected chi connectivity index (χ2v) is 4.13.